The summed E-state index contributed by atoms with van der Waals surface area (Å²) in [7, 11) is 1.68. The lowest BCUT2D eigenvalue weighted by Crippen LogP contribution is -2.64. The fourth-order valence-corrected chi connectivity index (χ4v) is 6.07. The van der Waals surface area contributed by atoms with Crippen LogP contribution in [-0.2, 0) is 23.7 Å². The van der Waals surface area contributed by atoms with E-state index in [4.69, 9.17) is 23.7 Å². The van der Waals surface area contributed by atoms with Crippen molar-refractivity contribution >= 4 is 0 Å². The Balaban J connectivity index is 1.80. The van der Waals surface area contributed by atoms with Gasteiger partial charge in [0.15, 0.2) is 11.6 Å². The molecule has 2 aliphatic carbocycles. The first-order chi connectivity index (χ1) is 14.9. The second-order valence-corrected chi connectivity index (χ2v) is 11.2. The van der Waals surface area contributed by atoms with Crippen molar-refractivity contribution < 1.29 is 28.8 Å². The lowest BCUT2D eigenvalue weighted by molar-refractivity contribution is -0.302. The number of allylic oxidation sites excluding steroid dienone is 3. The van der Waals surface area contributed by atoms with Crippen LogP contribution in [0.15, 0.2) is 36.5 Å². The zero-order valence-electron chi connectivity index (χ0n) is 20.6. The minimum Gasteiger partial charge on any atom is -0.389 e. The Morgan fingerprint density at radius 3 is 2.31 bits per heavy atom. The molecule has 0 aromatic rings. The molecular weight excluding hydrogens is 408 g/mol. The lowest BCUT2D eigenvalue weighted by atomic mass is 9.54. The molecule has 6 heteroatoms. The van der Waals surface area contributed by atoms with E-state index in [9.17, 15) is 5.11 Å². The van der Waals surface area contributed by atoms with Crippen molar-refractivity contribution in [3.63, 3.8) is 0 Å². The van der Waals surface area contributed by atoms with Crippen molar-refractivity contribution in [2.75, 3.05) is 26.9 Å². The number of hydrogen-bond donors (Lipinski definition) is 1. The summed E-state index contributed by atoms with van der Waals surface area (Å²) in [4.78, 5) is 0. The van der Waals surface area contributed by atoms with Crippen LogP contribution >= 0.6 is 0 Å². The number of aliphatic hydroxyl groups is 1. The second-order valence-electron chi connectivity index (χ2n) is 11.2. The molecule has 0 amide bonds. The molecule has 2 saturated heterocycles. The van der Waals surface area contributed by atoms with E-state index in [1.165, 1.54) is 0 Å². The lowest BCUT2D eigenvalue weighted by Gasteiger charge is -2.57. The number of aliphatic hydroxyl groups excluding tert-OH is 1. The smallest absolute Gasteiger partial charge is 0.185 e. The SMILES string of the molecule is CO[C@]1(/C=C/C2(C)OCCO2)[C@H](O)C2C3COC(C)(C)OC3C=C[C@@]2(C)/C=C\CC1(C)C. The standard InChI is InChI=1S/C26H40O6/c1-22(2)10-8-11-24(5)12-9-19-18(17-31-23(3,4)32-19)20(24)21(27)26(22,28-7)14-13-25(6)29-15-16-30-25/h8-9,11-14,18-21,27H,10,15-17H2,1-7H3/b11-8-,14-13+/t18?,19?,20?,21-,24-,26-/m1/s1. The highest BCUT2D eigenvalue weighted by molar-refractivity contribution is 5.28. The molecule has 6 nitrogen and oxygen atoms in total. The molecule has 2 fully saturated rings. The van der Waals surface area contributed by atoms with Gasteiger partial charge < -0.3 is 28.8 Å². The summed E-state index contributed by atoms with van der Waals surface area (Å²) in [5.74, 6) is -1.65. The first-order valence-corrected chi connectivity index (χ1v) is 11.8. The zero-order valence-corrected chi connectivity index (χ0v) is 20.6. The summed E-state index contributed by atoms with van der Waals surface area (Å²) in [6.07, 6.45) is 12.5. The predicted molar refractivity (Wildman–Crippen MR) is 122 cm³/mol. The van der Waals surface area contributed by atoms with Gasteiger partial charge in [-0.1, -0.05) is 45.1 Å². The van der Waals surface area contributed by atoms with E-state index in [-0.39, 0.29) is 23.4 Å². The molecule has 180 valence electrons. The zero-order chi connectivity index (χ0) is 23.4. The molecule has 0 spiro atoms. The molecule has 1 N–H and O–H groups in total. The summed E-state index contributed by atoms with van der Waals surface area (Å²) in [5, 5.41) is 12.2. The van der Waals surface area contributed by atoms with E-state index in [1.54, 1.807) is 7.11 Å². The number of methoxy groups -OCH3 is 1. The van der Waals surface area contributed by atoms with Crippen LogP contribution in [-0.4, -0.2) is 61.4 Å². The highest BCUT2D eigenvalue weighted by atomic mass is 16.7. The Kier molecular flexibility index (Phi) is 6.05. The Morgan fingerprint density at radius 1 is 0.969 bits per heavy atom. The van der Waals surface area contributed by atoms with Gasteiger partial charge in [0.05, 0.1) is 32.0 Å². The van der Waals surface area contributed by atoms with Gasteiger partial charge in [-0.25, -0.2) is 0 Å². The van der Waals surface area contributed by atoms with E-state index in [1.807, 2.05) is 32.9 Å². The van der Waals surface area contributed by atoms with Crippen molar-refractivity contribution in [3.05, 3.63) is 36.5 Å². The molecule has 0 saturated carbocycles. The predicted octanol–water partition coefficient (Wildman–Crippen LogP) is 4.00. The Morgan fingerprint density at radius 2 is 1.66 bits per heavy atom. The summed E-state index contributed by atoms with van der Waals surface area (Å²) in [6, 6.07) is 0. The Hall–Kier alpha value is -1.02. The van der Waals surface area contributed by atoms with Gasteiger partial charge in [-0.3, -0.25) is 0 Å². The quantitative estimate of drug-likeness (QED) is 0.659. The largest absolute Gasteiger partial charge is 0.389 e. The van der Waals surface area contributed by atoms with Crippen LogP contribution in [0.3, 0.4) is 0 Å². The number of ether oxygens (including phenoxy) is 5. The Labute approximate surface area is 192 Å². The molecular formula is C26H40O6. The fraction of sp³-hybridized carbons (Fsp3) is 0.769. The normalized spacial score (nSPS) is 45.6. The van der Waals surface area contributed by atoms with E-state index in [0.29, 0.717) is 19.8 Å². The molecule has 3 unspecified atom stereocenters. The van der Waals surface area contributed by atoms with Crippen LogP contribution in [0, 0.1) is 22.7 Å². The summed E-state index contributed by atoms with van der Waals surface area (Å²) < 4.78 is 30.2. The van der Waals surface area contributed by atoms with Crippen LogP contribution in [0.4, 0.5) is 0 Å². The summed E-state index contributed by atoms with van der Waals surface area (Å²) >= 11 is 0. The molecule has 0 bridgehead atoms. The average Bonchev–Trinajstić information content (AvgIpc) is 3.14. The number of fused-ring (bicyclic) bond motifs is 3. The van der Waals surface area contributed by atoms with Crippen molar-refractivity contribution in [2.24, 2.45) is 22.7 Å². The van der Waals surface area contributed by atoms with Crippen LogP contribution in [0.1, 0.15) is 48.0 Å². The molecule has 32 heavy (non-hydrogen) atoms. The van der Waals surface area contributed by atoms with Gasteiger partial charge in [-0.2, -0.15) is 0 Å². The summed E-state index contributed by atoms with van der Waals surface area (Å²) in [6.45, 7) is 13.9. The first kappa shape index (κ1) is 24.1. The molecule has 0 radical (unpaired) electrons. The maximum atomic E-state index is 12.2. The fourth-order valence-electron chi connectivity index (χ4n) is 6.07. The van der Waals surface area contributed by atoms with Crippen LogP contribution in [0.25, 0.3) is 0 Å². The highest BCUT2D eigenvalue weighted by Gasteiger charge is 2.59. The highest BCUT2D eigenvalue weighted by Crippen LogP contribution is 2.55. The molecule has 2 aliphatic heterocycles. The van der Waals surface area contributed by atoms with Gasteiger partial charge in [0, 0.05) is 29.8 Å². The van der Waals surface area contributed by atoms with Crippen molar-refractivity contribution in [1.82, 2.24) is 0 Å². The van der Waals surface area contributed by atoms with Crippen molar-refractivity contribution in [2.45, 2.75) is 77.3 Å². The number of hydrogen-bond acceptors (Lipinski definition) is 6. The molecule has 0 aromatic carbocycles. The van der Waals surface area contributed by atoms with Gasteiger partial charge in [-0.15, -0.1) is 0 Å². The average molecular weight is 449 g/mol. The molecule has 0 aromatic heterocycles. The van der Waals surface area contributed by atoms with E-state index in [0.717, 1.165) is 6.42 Å². The first-order valence-electron chi connectivity index (χ1n) is 11.8. The third-order valence-corrected chi connectivity index (χ3v) is 8.06. The summed E-state index contributed by atoms with van der Waals surface area (Å²) in [5.41, 5.74) is -1.71. The van der Waals surface area contributed by atoms with Crippen molar-refractivity contribution in [1.29, 1.82) is 0 Å². The minimum absolute atomic E-state index is 0.0101. The molecule has 4 aliphatic rings. The van der Waals surface area contributed by atoms with Gasteiger partial charge in [-0.05, 0) is 39.3 Å². The third-order valence-electron chi connectivity index (χ3n) is 8.06. The monoisotopic (exact) mass is 448 g/mol. The maximum absolute atomic E-state index is 12.2. The van der Waals surface area contributed by atoms with Gasteiger partial charge in [0.1, 0.15) is 5.60 Å². The van der Waals surface area contributed by atoms with E-state index < -0.39 is 28.7 Å². The van der Waals surface area contributed by atoms with E-state index >= 15 is 0 Å². The van der Waals surface area contributed by atoms with E-state index in [2.05, 4.69) is 45.1 Å². The molecule has 6 atom stereocenters. The third kappa shape index (κ3) is 3.93. The maximum Gasteiger partial charge on any atom is 0.185 e. The topological polar surface area (TPSA) is 66.4 Å². The van der Waals surface area contributed by atoms with Crippen LogP contribution < -0.4 is 0 Å². The molecule has 4 rings (SSSR count). The van der Waals surface area contributed by atoms with Gasteiger partial charge in [0.2, 0.25) is 0 Å². The number of rotatable bonds is 3. The van der Waals surface area contributed by atoms with Crippen molar-refractivity contribution in [3.8, 4) is 0 Å². The minimum atomic E-state index is -0.968. The second kappa shape index (κ2) is 8.03. The molecule has 2 heterocycles. The Bertz CT molecular complexity index is 792. The van der Waals surface area contributed by atoms with Crippen LogP contribution in [0.5, 0.6) is 0 Å². The van der Waals surface area contributed by atoms with Crippen LogP contribution in [0.2, 0.25) is 0 Å². The van der Waals surface area contributed by atoms with Gasteiger partial charge >= 0.3 is 0 Å². The van der Waals surface area contributed by atoms with Gasteiger partial charge in [0.25, 0.3) is 0 Å².